The van der Waals surface area contributed by atoms with E-state index >= 15 is 0 Å². The number of aromatic nitrogens is 1. The highest BCUT2D eigenvalue weighted by molar-refractivity contribution is 7.15. The van der Waals surface area contributed by atoms with Gasteiger partial charge in [-0.15, -0.1) is 11.3 Å². The standard InChI is InChI=1S/C16H22N2OS/c1-3-10-17-12-14-16(13-7-5-4-6-8-13)20-15(18-14)9-11-19-2/h4-8,17H,3,9-12H2,1-2H3. The zero-order valence-corrected chi connectivity index (χ0v) is 13.0. The molecule has 0 fully saturated rings. The molecule has 0 spiro atoms. The van der Waals surface area contributed by atoms with E-state index in [1.165, 1.54) is 10.4 Å². The smallest absolute Gasteiger partial charge is 0.0958 e. The predicted octanol–water partition coefficient (Wildman–Crippen LogP) is 3.50. The Kier molecular flexibility index (Phi) is 6.18. The average Bonchev–Trinajstić information content (AvgIpc) is 2.89. The van der Waals surface area contributed by atoms with E-state index in [-0.39, 0.29) is 0 Å². The SMILES string of the molecule is CCCNCc1nc(CCOC)sc1-c1ccccc1. The van der Waals surface area contributed by atoms with Crippen LogP contribution in [0, 0.1) is 0 Å². The van der Waals surface area contributed by atoms with E-state index < -0.39 is 0 Å². The van der Waals surface area contributed by atoms with Gasteiger partial charge in [0.05, 0.1) is 22.2 Å². The fraction of sp³-hybridized carbons (Fsp3) is 0.438. The number of nitrogens with zero attached hydrogens (tertiary/aromatic N) is 1. The van der Waals surface area contributed by atoms with Gasteiger partial charge in [-0.3, -0.25) is 0 Å². The normalized spacial score (nSPS) is 10.9. The van der Waals surface area contributed by atoms with Crippen molar-refractivity contribution in [3.63, 3.8) is 0 Å². The molecule has 0 aliphatic rings. The Balaban J connectivity index is 2.20. The van der Waals surface area contributed by atoms with Crippen molar-refractivity contribution in [1.29, 1.82) is 0 Å². The minimum atomic E-state index is 0.726. The summed E-state index contributed by atoms with van der Waals surface area (Å²) in [4.78, 5) is 6.05. The molecule has 108 valence electrons. The van der Waals surface area contributed by atoms with Gasteiger partial charge in [0.25, 0.3) is 0 Å². The molecule has 0 atom stereocenters. The summed E-state index contributed by atoms with van der Waals surface area (Å²) >= 11 is 1.78. The second-order valence-corrected chi connectivity index (χ2v) is 5.75. The lowest BCUT2D eigenvalue weighted by Gasteiger charge is -2.03. The van der Waals surface area contributed by atoms with Gasteiger partial charge in [-0.1, -0.05) is 37.3 Å². The topological polar surface area (TPSA) is 34.2 Å². The lowest BCUT2D eigenvalue weighted by Crippen LogP contribution is -2.14. The van der Waals surface area contributed by atoms with Crippen LogP contribution in [0.4, 0.5) is 0 Å². The largest absolute Gasteiger partial charge is 0.384 e. The molecule has 20 heavy (non-hydrogen) atoms. The Morgan fingerprint density at radius 3 is 2.75 bits per heavy atom. The van der Waals surface area contributed by atoms with Crippen LogP contribution in [0.25, 0.3) is 10.4 Å². The van der Waals surface area contributed by atoms with Crippen molar-refractivity contribution in [2.75, 3.05) is 20.3 Å². The lowest BCUT2D eigenvalue weighted by atomic mass is 10.1. The molecule has 1 heterocycles. The summed E-state index contributed by atoms with van der Waals surface area (Å²) in [5.41, 5.74) is 2.41. The number of hydrogen-bond donors (Lipinski definition) is 1. The summed E-state index contributed by atoms with van der Waals surface area (Å²) in [5, 5.41) is 4.60. The fourth-order valence-electron chi connectivity index (χ4n) is 2.02. The molecule has 4 heteroatoms. The van der Waals surface area contributed by atoms with Gasteiger partial charge in [0.1, 0.15) is 0 Å². The van der Waals surface area contributed by atoms with Gasteiger partial charge in [-0.2, -0.15) is 0 Å². The van der Waals surface area contributed by atoms with E-state index in [2.05, 4.69) is 36.5 Å². The van der Waals surface area contributed by atoms with Crippen LogP contribution in [0.15, 0.2) is 30.3 Å². The zero-order valence-electron chi connectivity index (χ0n) is 12.2. The van der Waals surface area contributed by atoms with Crippen molar-refractivity contribution >= 4 is 11.3 Å². The Bertz CT molecular complexity index is 510. The third kappa shape index (κ3) is 4.13. The van der Waals surface area contributed by atoms with Crippen LogP contribution >= 0.6 is 11.3 Å². The monoisotopic (exact) mass is 290 g/mol. The Morgan fingerprint density at radius 1 is 1.25 bits per heavy atom. The van der Waals surface area contributed by atoms with Crippen molar-refractivity contribution in [3.05, 3.63) is 41.0 Å². The van der Waals surface area contributed by atoms with Crippen LogP contribution in [0.1, 0.15) is 24.0 Å². The third-order valence-electron chi connectivity index (χ3n) is 3.02. The van der Waals surface area contributed by atoms with Crippen LogP contribution in [-0.4, -0.2) is 25.2 Å². The van der Waals surface area contributed by atoms with Gasteiger partial charge in [-0.25, -0.2) is 4.98 Å². The van der Waals surface area contributed by atoms with Gasteiger partial charge in [0.2, 0.25) is 0 Å². The first-order valence-electron chi connectivity index (χ1n) is 7.08. The Morgan fingerprint density at radius 2 is 2.05 bits per heavy atom. The fourth-order valence-corrected chi connectivity index (χ4v) is 3.08. The maximum Gasteiger partial charge on any atom is 0.0958 e. The minimum absolute atomic E-state index is 0.726. The van der Waals surface area contributed by atoms with E-state index in [4.69, 9.17) is 9.72 Å². The molecule has 0 bridgehead atoms. The van der Waals surface area contributed by atoms with Crippen LogP contribution in [0.3, 0.4) is 0 Å². The maximum atomic E-state index is 5.15. The molecule has 2 aromatic rings. The molecule has 0 saturated carbocycles. The molecule has 2 rings (SSSR count). The van der Waals surface area contributed by atoms with Gasteiger partial charge in [0, 0.05) is 20.1 Å². The first-order valence-corrected chi connectivity index (χ1v) is 7.90. The highest BCUT2D eigenvalue weighted by atomic mass is 32.1. The Labute approximate surface area is 125 Å². The predicted molar refractivity (Wildman–Crippen MR) is 85.1 cm³/mol. The van der Waals surface area contributed by atoms with Crippen molar-refractivity contribution in [1.82, 2.24) is 10.3 Å². The first kappa shape index (κ1) is 15.2. The van der Waals surface area contributed by atoms with Crippen LogP contribution in [0.2, 0.25) is 0 Å². The summed E-state index contributed by atoms with van der Waals surface area (Å²) in [7, 11) is 1.73. The number of ether oxygens (including phenoxy) is 1. The zero-order chi connectivity index (χ0) is 14.2. The second-order valence-electron chi connectivity index (χ2n) is 4.67. The molecular formula is C16H22N2OS. The van der Waals surface area contributed by atoms with Crippen LogP contribution in [0.5, 0.6) is 0 Å². The number of thiazole rings is 1. The van der Waals surface area contributed by atoms with E-state index in [0.717, 1.165) is 43.2 Å². The highest BCUT2D eigenvalue weighted by Crippen LogP contribution is 2.30. The first-order chi connectivity index (χ1) is 9.85. The number of nitrogens with one attached hydrogen (secondary N) is 1. The maximum absolute atomic E-state index is 5.15. The molecule has 0 aliphatic heterocycles. The Hall–Kier alpha value is -1.23. The molecule has 0 aliphatic carbocycles. The van der Waals surface area contributed by atoms with Crippen LogP contribution < -0.4 is 5.32 Å². The molecule has 1 aromatic carbocycles. The van der Waals surface area contributed by atoms with Crippen molar-refractivity contribution < 1.29 is 4.74 Å². The molecule has 1 N–H and O–H groups in total. The summed E-state index contributed by atoms with van der Waals surface area (Å²) in [5.74, 6) is 0. The van der Waals surface area contributed by atoms with E-state index in [1.807, 2.05) is 6.07 Å². The van der Waals surface area contributed by atoms with Crippen molar-refractivity contribution in [2.45, 2.75) is 26.3 Å². The van der Waals surface area contributed by atoms with Gasteiger partial charge >= 0.3 is 0 Å². The van der Waals surface area contributed by atoms with Gasteiger partial charge in [-0.05, 0) is 18.5 Å². The molecular weight excluding hydrogens is 268 g/mol. The summed E-state index contributed by atoms with van der Waals surface area (Å²) < 4.78 is 5.15. The molecule has 3 nitrogen and oxygen atoms in total. The van der Waals surface area contributed by atoms with E-state index in [1.54, 1.807) is 18.4 Å². The van der Waals surface area contributed by atoms with Gasteiger partial charge < -0.3 is 10.1 Å². The quantitative estimate of drug-likeness (QED) is 0.756. The lowest BCUT2D eigenvalue weighted by molar-refractivity contribution is 0.202. The number of hydrogen-bond acceptors (Lipinski definition) is 4. The number of benzene rings is 1. The number of rotatable bonds is 8. The van der Waals surface area contributed by atoms with E-state index in [0.29, 0.717) is 0 Å². The molecule has 0 unspecified atom stereocenters. The van der Waals surface area contributed by atoms with Crippen LogP contribution in [-0.2, 0) is 17.7 Å². The second kappa shape index (κ2) is 8.15. The minimum Gasteiger partial charge on any atom is -0.384 e. The summed E-state index contributed by atoms with van der Waals surface area (Å²) in [6, 6.07) is 10.5. The highest BCUT2D eigenvalue weighted by Gasteiger charge is 2.12. The summed E-state index contributed by atoms with van der Waals surface area (Å²) in [6.07, 6.45) is 2.02. The molecule has 1 aromatic heterocycles. The van der Waals surface area contributed by atoms with Crippen molar-refractivity contribution in [2.24, 2.45) is 0 Å². The average molecular weight is 290 g/mol. The molecule has 0 amide bonds. The van der Waals surface area contributed by atoms with E-state index in [9.17, 15) is 0 Å². The van der Waals surface area contributed by atoms with Gasteiger partial charge in [0.15, 0.2) is 0 Å². The third-order valence-corrected chi connectivity index (χ3v) is 4.22. The summed E-state index contributed by atoms with van der Waals surface area (Å²) in [6.45, 7) is 4.76. The number of methoxy groups -OCH3 is 1. The van der Waals surface area contributed by atoms with Crippen molar-refractivity contribution in [3.8, 4) is 10.4 Å². The molecule has 0 saturated heterocycles. The molecule has 0 radical (unpaired) electrons.